The van der Waals surface area contributed by atoms with Crippen LogP contribution in [-0.4, -0.2) is 20.6 Å². The van der Waals surface area contributed by atoms with Crippen LogP contribution in [0.3, 0.4) is 0 Å². The smallest absolute Gasteiger partial charge is 0.188 e. The molecule has 2 heterocycles. The summed E-state index contributed by atoms with van der Waals surface area (Å²) in [6.07, 6.45) is 0. The summed E-state index contributed by atoms with van der Waals surface area (Å²) in [6, 6.07) is 4.13. The fraction of sp³-hybridized carbons (Fsp3) is 0.286. The van der Waals surface area contributed by atoms with Gasteiger partial charge in [0.25, 0.3) is 0 Å². The molecule has 0 unspecified atom stereocenters. The Balaban J connectivity index is 1.76. The predicted molar refractivity (Wildman–Crippen MR) is 49.0 cm³/mol. The molecule has 0 bridgehead atoms. The van der Waals surface area contributed by atoms with Crippen molar-refractivity contribution in [2.24, 2.45) is 0 Å². The molecule has 0 amide bonds. The summed E-state index contributed by atoms with van der Waals surface area (Å²) in [7, 11) is 0. The van der Waals surface area contributed by atoms with Crippen LogP contribution in [-0.2, 0) is 13.1 Å². The van der Waals surface area contributed by atoms with Crippen molar-refractivity contribution in [2.75, 3.05) is 0 Å². The molecule has 0 saturated heterocycles. The van der Waals surface area contributed by atoms with E-state index in [2.05, 4.69) is 37.4 Å². The highest BCUT2D eigenvalue weighted by molar-refractivity contribution is 7.09. The molecule has 5 nitrogen and oxygen atoms in total. The highest BCUT2D eigenvalue weighted by Crippen LogP contribution is 2.07. The molecule has 0 aliphatic rings. The van der Waals surface area contributed by atoms with Crippen LogP contribution in [0.15, 0.2) is 17.5 Å². The number of hydrogen-bond donors (Lipinski definition) is 2. The van der Waals surface area contributed by atoms with E-state index in [1.54, 1.807) is 11.3 Å². The monoisotopic (exact) mass is 195 g/mol. The fourth-order valence-electron chi connectivity index (χ4n) is 0.968. The normalized spacial score (nSPS) is 10.5. The van der Waals surface area contributed by atoms with Crippen LogP contribution >= 0.6 is 11.3 Å². The van der Waals surface area contributed by atoms with E-state index in [1.165, 1.54) is 4.88 Å². The lowest BCUT2D eigenvalue weighted by Gasteiger charge is -1.97. The first-order valence-electron chi connectivity index (χ1n) is 3.90. The quantitative estimate of drug-likeness (QED) is 0.747. The number of tetrazole rings is 1. The van der Waals surface area contributed by atoms with E-state index < -0.39 is 0 Å². The number of nitrogens with one attached hydrogen (secondary N) is 2. The van der Waals surface area contributed by atoms with Gasteiger partial charge in [0.05, 0.1) is 6.54 Å². The lowest BCUT2D eigenvalue weighted by molar-refractivity contribution is 0.669. The molecule has 68 valence electrons. The molecular formula is C7H9N5S. The van der Waals surface area contributed by atoms with E-state index in [1.807, 2.05) is 6.07 Å². The Labute approximate surface area is 79.2 Å². The number of rotatable bonds is 4. The van der Waals surface area contributed by atoms with E-state index in [0.29, 0.717) is 12.4 Å². The topological polar surface area (TPSA) is 66.5 Å². The Morgan fingerprint density at radius 3 is 3.15 bits per heavy atom. The maximum absolute atomic E-state index is 3.83. The number of thiophene rings is 1. The highest BCUT2D eigenvalue weighted by atomic mass is 32.1. The van der Waals surface area contributed by atoms with Crippen molar-refractivity contribution in [1.29, 1.82) is 0 Å². The summed E-state index contributed by atoms with van der Waals surface area (Å²) in [5, 5.41) is 18.8. The van der Waals surface area contributed by atoms with Crippen LogP contribution in [0.2, 0.25) is 0 Å². The summed E-state index contributed by atoms with van der Waals surface area (Å²) in [5.41, 5.74) is 0. The van der Waals surface area contributed by atoms with E-state index in [4.69, 9.17) is 0 Å². The van der Waals surface area contributed by atoms with E-state index in [0.717, 1.165) is 6.54 Å². The van der Waals surface area contributed by atoms with Crippen molar-refractivity contribution in [3.63, 3.8) is 0 Å². The van der Waals surface area contributed by atoms with Crippen molar-refractivity contribution in [3.8, 4) is 0 Å². The van der Waals surface area contributed by atoms with E-state index >= 15 is 0 Å². The summed E-state index contributed by atoms with van der Waals surface area (Å²) < 4.78 is 0. The lowest BCUT2D eigenvalue weighted by Crippen LogP contribution is -2.12. The Hall–Kier alpha value is -1.27. The van der Waals surface area contributed by atoms with E-state index in [-0.39, 0.29) is 0 Å². The largest absolute Gasteiger partial charge is 0.305 e. The summed E-state index contributed by atoms with van der Waals surface area (Å²) in [6.45, 7) is 1.50. The molecule has 0 atom stereocenters. The van der Waals surface area contributed by atoms with Crippen molar-refractivity contribution in [1.82, 2.24) is 25.9 Å². The summed E-state index contributed by atoms with van der Waals surface area (Å²) in [4.78, 5) is 1.31. The van der Waals surface area contributed by atoms with Gasteiger partial charge in [-0.1, -0.05) is 11.3 Å². The summed E-state index contributed by atoms with van der Waals surface area (Å²) in [5.74, 6) is 0.691. The first kappa shape index (κ1) is 8.33. The second-order valence-electron chi connectivity index (χ2n) is 2.51. The predicted octanol–water partition coefficient (Wildman–Crippen LogP) is 0.551. The first-order chi connectivity index (χ1) is 6.45. The molecule has 2 aromatic heterocycles. The summed E-state index contributed by atoms with van der Waals surface area (Å²) >= 11 is 1.73. The fourth-order valence-corrected chi connectivity index (χ4v) is 1.64. The zero-order valence-electron chi connectivity index (χ0n) is 6.90. The van der Waals surface area contributed by atoms with Gasteiger partial charge in [0.15, 0.2) is 5.82 Å². The number of hydrogen-bond acceptors (Lipinski definition) is 5. The van der Waals surface area contributed by atoms with Crippen LogP contribution in [0.4, 0.5) is 0 Å². The van der Waals surface area contributed by atoms with Crippen LogP contribution < -0.4 is 5.32 Å². The zero-order valence-corrected chi connectivity index (χ0v) is 7.71. The molecule has 2 rings (SSSR count). The molecule has 0 fully saturated rings. The molecule has 0 spiro atoms. The van der Waals surface area contributed by atoms with Gasteiger partial charge in [-0.3, -0.25) is 0 Å². The van der Waals surface area contributed by atoms with Gasteiger partial charge in [-0.05, 0) is 11.4 Å². The Kier molecular flexibility index (Phi) is 2.63. The van der Waals surface area contributed by atoms with Crippen LogP contribution in [0, 0.1) is 0 Å². The molecule has 0 aliphatic carbocycles. The Morgan fingerprint density at radius 2 is 2.46 bits per heavy atom. The average molecular weight is 195 g/mol. The molecule has 2 N–H and O–H groups in total. The van der Waals surface area contributed by atoms with Crippen molar-refractivity contribution < 1.29 is 0 Å². The molecule has 0 aliphatic heterocycles. The minimum absolute atomic E-state index is 0.647. The minimum atomic E-state index is 0.647. The maximum Gasteiger partial charge on any atom is 0.188 e. The van der Waals surface area contributed by atoms with Crippen molar-refractivity contribution in [3.05, 3.63) is 28.2 Å². The highest BCUT2D eigenvalue weighted by Gasteiger charge is 1.97. The minimum Gasteiger partial charge on any atom is -0.305 e. The third-order valence-electron chi connectivity index (χ3n) is 1.55. The van der Waals surface area contributed by atoms with Crippen LogP contribution in [0.1, 0.15) is 10.7 Å². The first-order valence-corrected chi connectivity index (χ1v) is 4.78. The molecular weight excluding hydrogens is 186 g/mol. The molecule has 0 saturated carbocycles. The van der Waals surface area contributed by atoms with Gasteiger partial charge in [0.2, 0.25) is 0 Å². The SMILES string of the molecule is c1csc(CNCc2nn[nH]n2)c1. The molecule has 6 heteroatoms. The Morgan fingerprint density at radius 1 is 1.46 bits per heavy atom. The number of aromatic amines is 1. The van der Waals surface area contributed by atoms with Crippen molar-refractivity contribution >= 4 is 11.3 Å². The van der Waals surface area contributed by atoms with Gasteiger partial charge in [-0.2, -0.15) is 5.21 Å². The second kappa shape index (κ2) is 4.11. The second-order valence-corrected chi connectivity index (χ2v) is 3.54. The number of nitrogens with zero attached hydrogens (tertiary/aromatic N) is 3. The van der Waals surface area contributed by atoms with Gasteiger partial charge in [0, 0.05) is 11.4 Å². The lowest BCUT2D eigenvalue weighted by atomic mass is 10.4. The third-order valence-corrected chi connectivity index (χ3v) is 2.43. The molecule has 0 aromatic carbocycles. The van der Waals surface area contributed by atoms with Gasteiger partial charge in [0.1, 0.15) is 0 Å². The average Bonchev–Trinajstić information content (AvgIpc) is 2.75. The van der Waals surface area contributed by atoms with E-state index in [9.17, 15) is 0 Å². The maximum atomic E-state index is 3.83. The van der Waals surface area contributed by atoms with Gasteiger partial charge in [-0.15, -0.1) is 21.5 Å². The molecule has 2 aromatic rings. The van der Waals surface area contributed by atoms with Crippen molar-refractivity contribution in [2.45, 2.75) is 13.1 Å². The Bertz CT molecular complexity index is 293. The third kappa shape index (κ3) is 2.33. The molecule has 13 heavy (non-hydrogen) atoms. The van der Waals surface area contributed by atoms with Crippen LogP contribution in [0.5, 0.6) is 0 Å². The number of aromatic nitrogens is 4. The number of H-pyrrole nitrogens is 1. The van der Waals surface area contributed by atoms with Gasteiger partial charge in [-0.25, -0.2) is 0 Å². The zero-order chi connectivity index (χ0) is 8.93. The standard InChI is InChI=1S/C7H9N5S/c1-2-6(13-3-1)4-8-5-7-9-11-12-10-7/h1-3,8H,4-5H2,(H,9,10,11,12). The molecule has 0 radical (unpaired) electrons. The van der Waals surface area contributed by atoms with Crippen LogP contribution in [0.25, 0.3) is 0 Å². The van der Waals surface area contributed by atoms with Gasteiger partial charge < -0.3 is 5.32 Å². The van der Waals surface area contributed by atoms with Gasteiger partial charge >= 0.3 is 0 Å².